The Morgan fingerprint density at radius 2 is 2.05 bits per heavy atom. The zero-order valence-electron chi connectivity index (χ0n) is 10.8. The molecular weight excluding hydrogens is 297 g/mol. The van der Waals surface area contributed by atoms with Gasteiger partial charge < -0.3 is 5.32 Å². The lowest BCUT2D eigenvalue weighted by atomic mass is 10.2. The van der Waals surface area contributed by atoms with Gasteiger partial charge in [-0.15, -0.1) is 11.8 Å². The van der Waals surface area contributed by atoms with Crippen LogP contribution in [0.25, 0.3) is 0 Å². The van der Waals surface area contributed by atoms with Gasteiger partial charge >= 0.3 is 0 Å². The Balaban J connectivity index is 1.94. The number of thioether (sulfide) groups is 1. The van der Waals surface area contributed by atoms with Crippen molar-refractivity contribution in [3.8, 4) is 0 Å². The standard InChI is InChI=1S/C15H13ClFNOS/c1-10-6-7-13(12(17)8-10)18-15(19)9-20-14-5-3-2-4-11(14)16/h2-8H,9H2,1H3,(H,18,19). The van der Waals surface area contributed by atoms with Crippen LogP contribution in [-0.4, -0.2) is 11.7 Å². The summed E-state index contributed by atoms with van der Waals surface area (Å²) in [5.41, 5.74) is 1.01. The molecule has 2 aromatic carbocycles. The van der Waals surface area contributed by atoms with E-state index in [0.717, 1.165) is 10.5 Å². The summed E-state index contributed by atoms with van der Waals surface area (Å²) >= 11 is 7.31. The van der Waals surface area contributed by atoms with Crippen molar-refractivity contribution >= 4 is 35.0 Å². The number of amides is 1. The van der Waals surface area contributed by atoms with E-state index < -0.39 is 5.82 Å². The van der Waals surface area contributed by atoms with Crippen molar-refractivity contribution in [2.75, 3.05) is 11.1 Å². The van der Waals surface area contributed by atoms with Gasteiger partial charge in [0.05, 0.1) is 16.5 Å². The number of benzene rings is 2. The summed E-state index contributed by atoms with van der Waals surface area (Å²) < 4.78 is 13.6. The number of rotatable bonds is 4. The predicted octanol–water partition coefficient (Wildman–Crippen LogP) is 4.52. The third-order valence-electron chi connectivity index (χ3n) is 2.59. The molecule has 2 rings (SSSR count). The van der Waals surface area contributed by atoms with Crippen LogP contribution in [0.4, 0.5) is 10.1 Å². The smallest absolute Gasteiger partial charge is 0.234 e. The van der Waals surface area contributed by atoms with E-state index in [1.807, 2.05) is 18.2 Å². The number of hydrogen-bond acceptors (Lipinski definition) is 2. The Kier molecular flexibility index (Phi) is 5.04. The molecule has 0 bridgehead atoms. The van der Waals surface area contributed by atoms with Crippen molar-refractivity contribution in [3.63, 3.8) is 0 Å². The molecule has 0 fully saturated rings. The normalized spacial score (nSPS) is 10.3. The number of nitrogens with one attached hydrogen (secondary N) is 1. The maximum atomic E-state index is 13.6. The van der Waals surface area contributed by atoms with E-state index in [4.69, 9.17) is 11.6 Å². The highest BCUT2D eigenvalue weighted by atomic mass is 35.5. The molecule has 20 heavy (non-hydrogen) atoms. The lowest BCUT2D eigenvalue weighted by Gasteiger charge is -2.07. The Morgan fingerprint density at radius 3 is 2.75 bits per heavy atom. The Hall–Kier alpha value is -1.52. The lowest BCUT2D eigenvalue weighted by molar-refractivity contribution is -0.113. The molecular formula is C15H13ClFNOS. The number of aryl methyl sites for hydroxylation is 1. The van der Waals surface area contributed by atoms with Gasteiger partial charge in [0, 0.05) is 4.90 Å². The van der Waals surface area contributed by atoms with Crippen molar-refractivity contribution in [3.05, 3.63) is 58.9 Å². The van der Waals surface area contributed by atoms with Crippen LogP contribution < -0.4 is 5.32 Å². The fourth-order valence-corrected chi connectivity index (χ4v) is 2.65. The first-order valence-corrected chi connectivity index (χ1v) is 7.36. The summed E-state index contributed by atoms with van der Waals surface area (Å²) in [5, 5.41) is 3.15. The first-order chi connectivity index (χ1) is 9.56. The zero-order chi connectivity index (χ0) is 14.5. The second-order valence-corrected chi connectivity index (χ2v) is 5.67. The van der Waals surface area contributed by atoms with Gasteiger partial charge in [0.2, 0.25) is 5.91 Å². The third-order valence-corrected chi connectivity index (χ3v) is 4.11. The molecule has 0 atom stereocenters. The van der Waals surface area contributed by atoms with E-state index in [1.165, 1.54) is 17.8 Å². The number of carbonyl (C=O) groups is 1. The van der Waals surface area contributed by atoms with Crippen molar-refractivity contribution in [1.82, 2.24) is 0 Å². The van der Waals surface area contributed by atoms with E-state index in [1.54, 1.807) is 25.1 Å². The van der Waals surface area contributed by atoms with Gasteiger partial charge in [0.1, 0.15) is 5.82 Å². The van der Waals surface area contributed by atoms with Gasteiger partial charge in [0.15, 0.2) is 0 Å². The van der Waals surface area contributed by atoms with Crippen LogP contribution in [0, 0.1) is 12.7 Å². The van der Waals surface area contributed by atoms with Gasteiger partial charge in [0.25, 0.3) is 0 Å². The lowest BCUT2D eigenvalue weighted by Crippen LogP contribution is -2.15. The maximum absolute atomic E-state index is 13.6. The monoisotopic (exact) mass is 309 g/mol. The molecule has 0 aliphatic heterocycles. The summed E-state index contributed by atoms with van der Waals surface area (Å²) in [6.45, 7) is 1.79. The minimum absolute atomic E-state index is 0.178. The van der Waals surface area contributed by atoms with Gasteiger partial charge in [-0.2, -0.15) is 0 Å². The molecule has 0 aliphatic carbocycles. The molecule has 1 amide bonds. The number of halogens is 2. The summed E-state index contributed by atoms with van der Waals surface area (Å²) in [6.07, 6.45) is 0. The van der Waals surface area contributed by atoms with Crippen molar-refractivity contribution in [2.45, 2.75) is 11.8 Å². The molecule has 0 aromatic heterocycles. The van der Waals surface area contributed by atoms with E-state index in [9.17, 15) is 9.18 Å². The van der Waals surface area contributed by atoms with Crippen molar-refractivity contribution in [2.24, 2.45) is 0 Å². The first-order valence-electron chi connectivity index (χ1n) is 5.99. The summed E-state index contributed by atoms with van der Waals surface area (Å²) in [7, 11) is 0. The summed E-state index contributed by atoms with van der Waals surface area (Å²) in [4.78, 5) is 12.6. The molecule has 0 unspecified atom stereocenters. The van der Waals surface area contributed by atoms with Gasteiger partial charge in [-0.1, -0.05) is 29.8 Å². The largest absolute Gasteiger partial charge is 0.323 e. The van der Waals surface area contributed by atoms with Crippen molar-refractivity contribution in [1.29, 1.82) is 0 Å². The van der Waals surface area contributed by atoms with E-state index in [2.05, 4.69) is 5.32 Å². The Morgan fingerprint density at radius 1 is 1.30 bits per heavy atom. The predicted molar refractivity (Wildman–Crippen MR) is 81.9 cm³/mol. The fourth-order valence-electron chi connectivity index (χ4n) is 1.61. The molecule has 0 saturated heterocycles. The zero-order valence-corrected chi connectivity index (χ0v) is 12.4. The van der Waals surface area contributed by atoms with Crippen LogP contribution in [0.15, 0.2) is 47.4 Å². The highest BCUT2D eigenvalue weighted by Gasteiger charge is 2.08. The molecule has 0 spiro atoms. The van der Waals surface area contributed by atoms with Crippen LogP contribution in [0.5, 0.6) is 0 Å². The number of anilines is 1. The van der Waals surface area contributed by atoms with Crippen molar-refractivity contribution < 1.29 is 9.18 Å². The molecule has 2 aromatic rings. The molecule has 1 N–H and O–H groups in total. The van der Waals surface area contributed by atoms with Gasteiger partial charge in [-0.3, -0.25) is 4.79 Å². The topological polar surface area (TPSA) is 29.1 Å². The minimum Gasteiger partial charge on any atom is -0.323 e. The Labute approximate surface area is 126 Å². The second-order valence-electron chi connectivity index (χ2n) is 4.25. The van der Waals surface area contributed by atoms with Crippen LogP contribution in [-0.2, 0) is 4.79 Å². The van der Waals surface area contributed by atoms with Crippen LogP contribution in [0.2, 0.25) is 5.02 Å². The van der Waals surface area contributed by atoms with Crippen LogP contribution in [0.3, 0.4) is 0 Å². The van der Waals surface area contributed by atoms with Gasteiger partial charge in [-0.05, 0) is 36.8 Å². The second kappa shape index (κ2) is 6.77. The molecule has 2 nitrogen and oxygen atoms in total. The third kappa shape index (κ3) is 3.99. The highest BCUT2D eigenvalue weighted by Crippen LogP contribution is 2.26. The fraction of sp³-hybridized carbons (Fsp3) is 0.133. The summed E-state index contributed by atoms with van der Waals surface area (Å²) in [6, 6.07) is 12.0. The molecule has 0 saturated carbocycles. The minimum atomic E-state index is -0.430. The molecule has 0 aliphatic rings. The van der Waals surface area contributed by atoms with E-state index >= 15 is 0 Å². The van der Waals surface area contributed by atoms with E-state index in [0.29, 0.717) is 5.02 Å². The highest BCUT2D eigenvalue weighted by molar-refractivity contribution is 8.00. The molecule has 5 heteroatoms. The quantitative estimate of drug-likeness (QED) is 0.841. The average molecular weight is 310 g/mol. The summed E-state index contributed by atoms with van der Waals surface area (Å²) in [5.74, 6) is -0.518. The first kappa shape index (κ1) is 14.9. The average Bonchev–Trinajstić information content (AvgIpc) is 2.41. The van der Waals surface area contributed by atoms with Gasteiger partial charge in [-0.25, -0.2) is 4.39 Å². The molecule has 0 heterocycles. The van der Waals surface area contributed by atoms with E-state index in [-0.39, 0.29) is 17.3 Å². The number of hydrogen-bond donors (Lipinski definition) is 1. The molecule has 0 radical (unpaired) electrons. The van der Waals surface area contributed by atoms with Crippen LogP contribution >= 0.6 is 23.4 Å². The van der Waals surface area contributed by atoms with Crippen LogP contribution in [0.1, 0.15) is 5.56 Å². The Bertz CT molecular complexity index is 633. The SMILES string of the molecule is Cc1ccc(NC(=O)CSc2ccccc2Cl)c(F)c1. The maximum Gasteiger partial charge on any atom is 0.234 e. The number of carbonyl (C=O) groups excluding carboxylic acids is 1. The molecule has 104 valence electrons.